The van der Waals surface area contributed by atoms with Crippen molar-refractivity contribution in [3.05, 3.63) is 52.3 Å². The molecule has 0 aliphatic carbocycles. The molecule has 1 amide bonds. The molecule has 24 heavy (non-hydrogen) atoms. The standard InChI is InChI=1S/C15H14ClFN6O/c1-18-12-5-11-13(23-22-12)14(21-7-20-11)15(24)19-6-8-2-3-10(17)9(16)4-8/h2-4,7,23H,5-6H2,1H3,(H,18,22)(H,19,24). The molecular weight excluding hydrogens is 335 g/mol. The number of rotatable bonds is 3. The lowest BCUT2D eigenvalue weighted by Crippen LogP contribution is -2.38. The lowest BCUT2D eigenvalue weighted by Gasteiger charge is -2.21. The lowest BCUT2D eigenvalue weighted by atomic mass is 10.1. The van der Waals surface area contributed by atoms with E-state index < -0.39 is 5.82 Å². The summed E-state index contributed by atoms with van der Waals surface area (Å²) in [7, 11) is 1.66. The second-order valence-electron chi connectivity index (χ2n) is 5.07. The first kappa shape index (κ1) is 16.1. The highest BCUT2D eigenvalue weighted by atomic mass is 35.5. The highest BCUT2D eigenvalue weighted by Gasteiger charge is 2.22. The van der Waals surface area contributed by atoms with E-state index in [1.807, 2.05) is 0 Å². The van der Waals surface area contributed by atoms with Crippen LogP contribution in [0, 0.1) is 5.82 Å². The molecule has 3 rings (SSSR count). The molecule has 0 atom stereocenters. The maximum atomic E-state index is 13.2. The van der Waals surface area contributed by atoms with Crippen LogP contribution in [0.15, 0.2) is 29.5 Å². The van der Waals surface area contributed by atoms with Crippen LogP contribution in [0.25, 0.3) is 0 Å². The number of hydrazine groups is 1. The van der Waals surface area contributed by atoms with Crippen LogP contribution in [0.3, 0.4) is 0 Å². The Morgan fingerprint density at radius 3 is 3.00 bits per heavy atom. The van der Waals surface area contributed by atoms with Crippen molar-refractivity contribution in [2.24, 2.45) is 4.99 Å². The van der Waals surface area contributed by atoms with E-state index in [0.29, 0.717) is 29.2 Å². The Bertz CT molecular complexity index is 826. The first-order valence-electron chi connectivity index (χ1n) is 7.12. The zero-order chi connectivity index (χ0) is 17.1. The van der Waals surface area contributed by atoms with Crippen LogP contribution in [-0.4, -0.2) is 28.8 Å². The van der Waals surface area contributed by atoms with E-state index in [1.165, 1.54) is 18.5 Å². The van der Waals surface area contributed by atoms with Gasteiger partial charge in [0.05, 0.1) is 17.1 Å². The summed E-state index contributed by atoms with van der Waals surface area (Å²) in [6.45, 7) is 0.201. The summed E-state index contributed by atoms with van der Waals surface area (Å²) < 4.78 is 13.2. The average Bonchev–Trinajstić information content (AvgIpc) is 2.61. The van der Waals surface area contributed by atoms with Gasteiger partial charge in [-0.15, -0.1) is 0 Å². The number of amides is 1. The third-order valence-electron chi connectivity index (χ3n) is 3.51. The Morgan fingerprint density at radius 1 is 1.42 bits per heavy atom. The average molecular weight is 349 g/mol. The van der Waals surface area contributed by atoms with Gasteiger partial charge in [-0.1, -0.05) is 17.7 Å². The Balaban J connectivity index is 1.75. The van der Waals surface area contributed by atoms with Crippen LogP contribution in [0.4, 0.5) is 10.1 Å². The summed E-state index contributed by atoms with van der Waals surface area (Å²) in [6, 6.07) is 4.28. The normalized spacial score (nSPS) is 14.5. The number of benzene rings is 1. The van der Waals surface area contributed by atoms with Crippen LogP contribution in [0.2, 0.25) is 5.02 Å². The van der Waals surface area contributed by atoms with Gasteiger partial charge in [-0.05, 0) is 17.7 Å². The number of amidine groups is 1. The molecule has 1 aliphatic rings. The number of nitrogens with zero attached hydrogens (tertiary/aromatic N) is 3. The maximum Gasteiger partial charge on any atom is 0.272 e. The van der Waals surface area contributed by atoms with Crippen molar-refractivity contribution in [3.8, 4) is 0 Å². The van der Waals surface area contributed by atoms with Crippen molar-refractivity contribution in [2.75, 3.05) is 12.5 Å². The van der Waals surface area contributed by atoms with Gasteiger partial charge in [0.25, 0.3) is 5.91 Å². The monoisotopic (exact) mass is 348 g/mol. The molecule has 3 N–H and O–H groups in total. The van der Waals surface area contributed by atoms with Crippen molar-refractivity contribution in [1.29, 1.82) is 0 Å². The van der Waals surface area contributed by atoms with Crippen LogP contribution in [0.1, 0.15) is 21.7 Å². The second-order valence-corrected chi connectivity index (χ2v) is 5.48. The van der Waals surface area contributed by atoms with E-state index in [2.05, 4.69) is 31.1 Å². The summed E-state index contributed by atoms with van der Waals surface area (Å²) in [6.07, 6.45) is 1.82. The molecule has 9 heteroatoms. The highest BCUT2D eigenvalue weighted by Crippen LogP contribution is 2.20. The van der Waals surface area contributed by atoms with Crippen LogP contribution < -0.4 is 16.2 Å². The third kappa shape index (κ3) is 3.28. The van der Waals surface area contributed by atoms with E-state index >= 15 is 0 Å². The summed E-state index contributed by atoms with van der Waals surface area (Å²) >= 11 is 5.73. The minimum absolute atomic E-state index is 0.0124. The fourth-order valence-electron chi connectivity index (χ4n) is 2.25. The molecule has 124 valence electrons. The highest BCUT2D eigenvalue weighted by molar-refractivity contribution is 6.30. The fourth-order valence-corrected chi connectivity index (χ4v) is 2.45. The summed E-state index contributed by atoms with van der Waals surface area (Å²) in [4.78, 5) is 24.6. The molecule has 0 spiro atoms. The number of hydrogen-bond donors (Lipinski definition) is 3. The summed E-state index contributed by atoms with van der Waals surface area (Å²) in [5.41, 5.74) is 7.88. The number of carbonyl (C=O) groups excluding carboxylic acids is 1. The predicted molar refractivity (Wildman–Crippen MR) is 88.4 cm³/mol. The Hall–Kier alpha value is -2.74. The SMILES string of the molecule is CN=C1Cc2ncnc(C(=O)NCc3ccc(F)c(Cl)c3)c2NN1. The zero-order valence-electron chi connectivity index (χ0n) is 12.7. The smallest absolute Gasteiger partial charge is 0.272 e. The molecule has 2 aromatic rings. The van der Waals surface area contributed by atoms with Gasteiger partial charge in [-0.25, -0.2) is 14.4 Å². The Labute approximate surface area is 142 Å². The number of carbonyl (C=O) groups is 1. The number of nitrogens with one attached hydrogen (secondary N) is 3. The van der Waals surface area contributed by atoms with Gasteiger partial charge in [-0.2, -0.15) is 0 Å². The Kier molecular flexibility index (Phi) is 4.57. The molecule has 1 aromatic carbocycles. The quantitative estimate of drug-likeness (QED) is 0.785. The van der Waals surface area contributed by atoms with Crippen molar-refractivity contribution in [3.63, 3.8) is 0 Å². The molecule has 0 unspecified atom stereocenters. The minimum atomic E-state index is -0.500. The van der Waals surface area contributed by atoms with E-state index in [1.54, 1.807) is 13.1 Å². The molecule has 7 nitrogen and oxygen atoms in total. The number of hydrogen-bond acceptors (Lipinski definition) is 5. The van der Waals surface area contributed by atoms with Crippen LogP contribution in [-0.2, 0) is 13.0 Å². The van der Waals surface area contributed by atoms with Gasteiger partial charge in [0.1, 0.15) is 23.7 Å². The number of aromatic nitrogens is 2. The molecule has 1 aliphatic heterocycles. The minimum Gasteiger partial charge on any atom is -0.347 e. The predicted octanol–water partition coefficient (Wildman–Crippen LogP) is 1.70. The largest absolute Gasteiger partial charge is 0.347 e. The topological polar surface area (TPSA) is 91.3 Å². The van der Waals surface area contributed by atoms with Gasteiger partial charge >= 0.3 is 0 Å². The van der Waals surface area contributed by atoms with E-state index in [9.17, 15) is 9.18 Å². The van der Waals surface area contributed by atoms with Gasteiger partial charge < -0.3 is 5.32 Å². The maximum absolute atomic E-state index is 13.2. The number of aliphatic imine (C=N–C) groups is 1. The molecule has 2 heterocycles. The van der Waals surface area contributed by atoms with Gasteiger partial charge in [0.15, 0.2) is 5.69 Å². The summed E-state index contributed by atoms with van der Waals surface area (Å²) in [5.74, 6) is -0.158. The van der Waals surface area contributed by atoms with E-state index in [-0.39, 0.29) is 23.2 Å². The number of anilines is 1. The van der Waals surface area contributed by atoms with Gasteiger partial charge in [-0.3, -0.25) is 20.6 Å². The molecule has 0 saturated heterocycles. The first-order chi connectivity index (χ1) is 11.6. The molecular formula is C15H14ClFN6O. The number of halogens is 2. The third-order valence-corrected chi connectivity index (χ3v) is 3.80. The fraction of sp³-hybridized carbons (Fsp3) is 0.200. The first-order valence-corrected chi connectivity index (χ1v) is 7.50. The van der Waals surface area contributed by atoms with E-state index in [0.717, 1.165) is 0 Å². The zero-order valence-corrected chi connectivity index (χ0v) is 13.5. The molecule has 1 aromatic heterocycles. The van der Waals surface area contributed by atoms with Crippen molar-refractivity contribution >= 4 is 29.0 Å². The van der Waals surface area contributed by atoms with Crippen LogP contribution >= 0.6 is 11.6 Å². The van der Waals surface area contributed by atoms with E-state index in [4.69, 9.17) is 11.6 Å². The molecule has 0 saturated carbocycles. The molecule has 0 bridgehead atoms. The van der Waals surface area contributed by atoms with Gasteiger partial charge in [0, 0.05) is 13.6 Å². The van der Waals surface area contributed by atoms with Crippen LogP contribution in [0.5, 0.6) is 0 Å². The molecule has 0 radical (unpaired) electrons. The van der Waals surface area contributed by atoms with Crippen molar-refractivity contribution in [1.82, 2.24) is 20.7 Å². The molecule has 0 fully saturated rings. The number of fused-ring (bicyclic) bond motifs is 1. The lowest BCUT2D eigenvalue weighted by molar-refractivity contribution is 0.0946. The Morgan fingerprint density at radius 2 is 2.25 bits per heavy atom. The van der Waals surface area contributed by atoms with Crippen molar-refractivity contribution in [2.45, 2.75) is 13.0 Å². The second kappa shape index (κ2) is 6.79. The van der Waals surface area contributed by atoms with Crippen molar-refractivity contribution < 1.29 is 9.18 Å². The van der Waals surface area contributed by atoms with Gasteiger partial charge in [0.2, 0.25) is 0 Å². The summed E-state index contributed by atoms with van der Waals surface area (Å²) in [5, 5.41) is 2.74.